The van der Waals surface area contributed by atoms with Crippen molar-refractivity contribution in [1.29, 1.82) is 0 Å². The predicted molar refractivity (Wildman–Crippen MR) is 80.4 cm³/mol. The molecule has 0 aliphatic heterocycles. The van der Waals surface area contributed by atoms with Crippen molar-refractivity contribution in [2.24, 2.45) is 5.73 Å². The van der Waals surface area contributed by atoms with E-state index < -0.39 is 0 Å². The number of hydrogen-bond acceptors (Lipinski definition) is 3. The molecule has 0 bridgehead atoms. The smallest absolute Gasteiger partial charge is 0.145 e. The molecular formula is C14H16BrNOS. The van der Waals surface area contributed by atoms with Crippen molar-refractivity contribution < 1.29 is 4.74 Å². The maximum absolute atomic E-state index is 6.06. The Kier molecular flexibility index (Phi) is 4.43. The van der Waals surface area contributed by atoms with Crippen LogP contribution < -0.4 is 10.5 Å². The molecule has 0 saturated carbocycles. The van der Waals surface area contributed by atoms with E-state index in [9.17, 15) is 0 Å². The van der Waals surface area contributed by atoms with Crippen molar-refractivity contribution >= 4 is 27.3 Å². The van der Waals surface area contributed by atoms with Gasteiger partial charge in [-0.05, 0) is 48.6 Å². The average Bonchev–Trinajstić information content (AvgIpc) is 2.77. The fraction of sp³-hybridized carbons (Fsp3) is 0.286. The SMILES string of the molecule is Cc1ccc(Br)cc1OC(CN)c1sccc1C. The molecule has 2 rings (SSSR count). The standard InChI is InChI=1S/C14H16BrNOS/c1-9-3-4-11(15)7-12(9)17-13(8-16)14-10(2)5-6-18-14/h3-7,13H,8,16H2,1-2H3. The van der Waals surface area contributed by atoms with Crippen LogP contribution in [0.2, 0.25) is 0 Å². The van der Waals surface area contributed by atoms with Crippen LogP contribution in [0.4, 0.5) is 0 Å². The number of thiophene rings is 1. The summed E-state index contributed by atoms with van der Waals surface area (Å²) < 4.78 is 7.07. The molecule has 0 saturated heterocycles. The summed E-state index contributed by atoms with van der Waals surface area (Å²) in [5.74, 6) is 0.882. The molecule has 0 aliphatic carbocycles. The van der Waals surface area contributed by atoms with Crippen LogP contribution in [0.5, 0.6) is 5.75 Å². The zero-order valence-corrected chi connectivity index (χ0v) is 12.8. The summed E-state index contributed by atoms with van der Waals surface area (Å²) in [5, 5.41) is 2.07. The van der Waals surface area contributed by atoms with Gasteiger partial charge in [-0.1, -0.05) is 22.0 Å². The molecule has 1 aromatic heterocycles. The minimum absolute atomic E-state index is 0.0713. The molecule has 4 heteroatoms. The van der Waals surface area contributed by atoms with Crippen molar-refractivity contribution in [2.75, 3.05) is 6.54 Å². The summed E-state index contributed by atoms with van der Waals surface area (Å²) in [6.07, 6.45) is -0.0713. The van der Waals surface area contributed by atoms with E-state index in [0.717, 1.165) is 15.8 Å². The molecule has 18 heavy (non-hydrogen) atoms. The van der Waals surface area contributed by atoms with E-state index in [2.05, 4.69) is 34.3 Å². The molecule has 96 valence electrons. The number of halogens is 1. The van der Waals surface area contributed by atoms with Crippen molar-refractivity contribution in [2.45, 2.75) is 20.0 Å². The fourth-order valence-corrected chi connectivity index (χ4v) is 3.09. The van der Waals surface area contributed by atoms with E-state index in [4.69, 9.17) is 10.5 Å². The van der Waals surface area contributed by atoms with Crippen molar-refractivity contribution in [3.63, 3.8) is 0 Å². The van der Waals surface area contributed by atoms with E-state index in [1.54, 1.807) is 11.3 Å². The van der Waals surface area contributed by atoms with Crippen LogP contribution in [-0.4, -0.2) is 6.54 Å². The molecule has 0 radical (unpaired) electrons. The maximum Gasteiger partial charge on any atom is 0.145 e. The van der Waals surface area contributed by atoms with Gasteiger partial charge in [-0.3, -0.25) is 0 Å². The minimum atomic E-state index is -0.0713. The van der Waals surface area contributed by atoms with Crippen LogP contribution in [0.1, 0.15) is 22.1 Å². The first-order valence-electron chi connectivity index (χ1n) is 5.78. The Morgan fingerprint density at radius 1 is 1.28 bits per heavy atom. The van der Waals surface area contributed by atoms with E-state index in [-0.39, 0.29) is 6.10 Å². The lowest BCUT2D eigenvalue weighted by molar-refractivity contribution is 0.216. The molecule has 2 nitrogen and oxygen atoms in total. The zero-order chi connectivity index (χ0) is 13.1. The maximum atomic E-state index is 6.06. The van der Waals surface area contributed by atoms with Crippen LogP contribution in [-0.2, 0) is 0 Å². The fourth-order valence-electron chi connectivity index (χ4n) is 1.78. The molecule has 1 heterocycles. The van der Waals surface area contributed by atoms with Crippen LogP contribution in [0.15, 0.2) is 34.1 Å². The summed E-state index contributed by atoms with van der Waals surface area (Å²) in [5.41, 5.74) is 8.19. The average molecular weight is 326 g/mol. The largest absolute Gasteiger partial charge is 0.483 e. The van der Waals surface area contributed by atoms with Gasteiger partial charge in [0, 0.05) is 15.9 Å². The second kappa shape index (κ2) is 5.87. The van der Waals surface area contributed by atoms with E-state index in [0.29, 0.717) is 6.54 Å². The molecule has 0 amide bonds. The Labute approximate surface area is 120 Å². The molecule has 2 N–H and O–H groups in total. The lowest BCUT2D eigenvalue weighted by atomic mass is 10.2. The van der Waals surface area contributed by atoms with Gasteiger partial charge in [-0.2, -0.15) is 0 Å². The van der Waals surface area contributed by atoms with Crippen molar-refractivity contribution in [3.05, 3.63) is 50.1 Å². The second-order valence-electron chi connectivity index (χ2n) is 4.22. The summed E-state index contributed by atoms with van der Waals surface area (Å²) >= 11 is 5.16. The van der Waals surface area contributed by atoms with E-state index >= 15 is 0 Å². The Morgan fingerprint density at radius 3 is 2.67 bits per heavy atom. The molecule has 0 spiro atoms. The molecule has 1 aromatic carbocycles. The summed E-state index contributed by atoms with van der Waals surface area (Å²) in [4.78, 5) is 1.21. The van der Waals surface area contributed by atoms with Crippen molar-refractivity contribution in [3.8, 4) is 5.75 Å². The first-order chi connectivity index (χ1) is 8.61. The number of hydrogen-bond donors (Lipinski definition) is 1. The third-order valence-electron chi connectivity index (χ3n) is 2.83. The predicted octanol–water partition coefficient (Wildman–Crippen LogP) is 4.21. The number of aryl methyl sites for hydroxylation is 2. The van der Waals surface area contributed by atoms with Crippen LogP contribution in [0.25, 0.3) is 0 Å². The van der Waals surface area contributed by atoms with Crippen LogP contribution >= 0.6 is 27.3 Å². The zero-order valence-electron chi connectivity index (χ0n) is 10.4. The topological polar surface area (TPSA) is 35.2 Å². The van der Waals surface area contributed by atoms with Gasteiger partial charge >= 0.3 is 0 Å². The number of benzene rings is 1. The molecule has 0 fully saturated rings. The van der Waals surface area contributed by atoms with Gasteiger partial charge in [0.25, 0.3) is 0 Å². The molecule has 1 atom stereocenters. The monoisotopic (exact) mass is 325 g/mol. The van der Waals surface area contributed by atoms with Gasteiger partial charge in [0.15, 0.2) is 0 Å². The summed E-state index contributed by atoms with van der Waals surface area (Å²) in [7, 11) is 0. The summed E-state index contributed by atoms with van der Waals surface area (Å²) in [6, 6.07) is 8.13. The normalized spacial score (nSPS) is 12.4. The van der Waals surface area contributed by atoms with Gasteiger partial charge in [0.1, 0.15) is 11.9 Å². The van der Waals surface area contributed by atoms with Gasteiger partial charge in [0.2, 0.25) is 0 Å². The minimum Gasteiger partial charge on any atom is -0.483 e. The summed E-state index contributed by atoms with van der Waals surface area (Å²) in [6.45, 7) is 4.61. The van der Waals surface area contributed by atoms with Gasteiger partial charge in [-0.25, -0.2) is 0 Å². The number of ether oxygens (including phenoxy) is 1. The van der Waals surface area contributed by atoms with Gasteiger partial charge in [0.05, 0.1) is 0 Å². The number of rotatable bonds is 4. The Balaban J connectivity index is 2.26. The molecular weight excluding hydrogens is 310 g/mol. The second-order valence-corrected chi connectivity index (χ2v) is 6.08. The Morgan fingerprint density at radius 2 is 2.06 bits per heavy atom. The first-order valence-corrected chi connectivity index (χ1v) is 7.46. The first kappa shape index (κ1) is 13.6. The van der Waals surface area contributed by atoms with E-state index in [1.165, 1.54) is 10.4 Å². The van der Waals surface area contributed by atoms with Gasteiger partial charge < -0.3 is 10.5 Å². The lowest BCUT2D eigenvalue weighted by Crippen LogP contribution is -2.18. The highest BCUT2D eigenvalue weighted by Gasteiger charge is 2.16. The van der Waals surface area contributed by atoms with Gasteiger partial charge in [-0.15, -0.1) is 11.3 Å². The highest BCUT2D eigenvalue weighted by atomic mass is 79.9. The highest BCUT2D eigenvalue weighted by Crippen LogP contribution is 2.31. The van der Waals surface area contributed by atoms with Crippen LogP contribution in [0.3, 0.4) is 0 Å². The lowest BCUT2D eigenvalue weighted by Gasteiger charge is -2.19. The van der Waals surface area contributed by atoms with Crippen molar-refractivity contribution in [1.82, 2.24) is 0 Å². The quantitative estimate of drug-likeness (QED) is 0.914. The highest BCUT2D eigenvalue weighted by molar-refractivity contribution is 9.10. The molecule has 1 unspecified atom stereocenters. The number of nitrogens with two attached hydrogens (primary N) is 1. The third-order valence-corrected chi connectivity index (χ3v) is 4.43. The Bertz CT molecular complexity index is 538. The molecule has 2 aromatic rings. The molecule has 0 aliphatic rings. The van der Waals surface area contributed by atoms with E-state index in [1.807, 2.05) is 25.1 Å². The van der Waals surface area contributed by atoms with Crippen LogP contribution in [0, 0.1) is 13.8 Å². The third kappa shape index (κ3) is 2.94. The Hall–Kier alpha value is -0.840.